The van der Waals surface area contributed by atoms with E-state index in [1.807, 2.05) is 36.1 Å². The minimum Gasteiger partial charge on any atom is -0.375 e. The molecule has 194 valence electrons. The number of unbranched alkanes of at least 4 members (excludes halogenated alkanes) is 9. The normalized spacial score (nSPS) is 17.3. The van der Waals surface area contributed by atoms with Gasteiger partial charge in [0.05, 0.1) is 11.5 Å². The Kier molecular flexibility index (Phi) is 12.4. The zero-order valence-corrected chi connectivity index (χ0v) is 22.2. The van der Waals surface area contributed by atoms with Crippen LogP contribution >= 0.6 is 0 Å². The third-order valence-corrected chi connectivity index (χ3v) is 8.47. The Morgan fingerprint density at radius 3 is 1.94 bits per heavy atom. The van der Waals surface area contributed by atoms with E-state index >= 15 is 0 Å². The van der Waals surface area contributed by atoms with E-state index in [1.165, 1.54) is 44.9 Å². The van der Waals surface area contributed by atoms with Gasteiger partial charge in [-0.2, -0.15) is 0 Å². The lowest BCUT2D eigenvalue weighted by Gasteiger charge is -2.31. The highest BCUT2D eigenvalue weighted by molar-refractivity contribution is 7.91. The molecule has 1 aromatic carbocycles. The topological polar surface area (TPSA) is 86.7 Å². The number of nitrogens with zero attached hydrogens (tertiary/aromatic N) is 1. The number of hydrogen-bond donors (Lipinski definition) is 2. The summed E-state index contributed by atoms with van der Waals surface area (Å²) in [6.07, 6.45) is 13.2. The van der Waals surface area contributed by atoms with Crippen molar-refractivity contribution >= 4 is 21.4 Å². The van der Waals surface area contributed by atoms with Gasteiger partial charge in [-0.1, -0.05) is 83.8 Å². The van der Waals surface area contributed by atoms with Crippen LogP contribution in [0, 0.1) is 0 Å². The Bertz CT molecular complexity index is 812. The molecule has 1 amide bonds. The van der Waals surface area contributed by atoms with Crippen LogP contribution in [0.15, 0.2) is 24.3 Å². The monoisotopic (exact) mass is 494 g/mol. The first-order chi connectivity index (χ1) is 16.3. The van der Waals surface area contributed by atoms with Gasteiger partial charge in [-0.3, -0.25) is 4.79 Å². The summed E-state index contributed by atoms with van der Waals surface area (Å²) in [7, 11) is -2.93. The molecule has 0 aromatic heterocycles. The van der Waals surface area contributed by atoms with Gasteiger partial charge < -0.3 is 15.3 Å². The number of rotatable bonds is 16. The van der Waals surface area contributed by atoms with Crippen LogP contribution in [0.25, 0.3) is 0 Å². The number of anilines is 1. The van der Waals surface area contributed by atoms with Crippen LogP contribution < -0.4 is 10.2 Å². The van der Waals surface area contributed by atoms with Crippen LogP contribution in [0.1, 0.15) is 96.5 Å². The molecule has 1 heterocycles. The first kappa shape index (κ1) is 28.6. The highest BCUT2D eigenvalue weighted by Crippen LogP contribution is 2.30. The second-order valence-electron chi connectivity index (χ2n) is 9.73. The number of carbonyl (C=O) groups excluding carboxylic acids is 1. The molecule has 1 aliphatic rings. The Morgan fingerprint density at radius 1 is 0.882 bits per heavy atom. The van der Waals surface area contributed by atoms with Gasteiger partial charge in [0.2, 0.25) is 0 Å². The quantitative estimate of drug-likeness (QED) is 0.318. The lowest BCUT2D eigenvalue weighted by molar-refractivity contribution is -0.141. The van der Waals surface area contributed by atoms with Gasteiger partial charge in [0, 0.05) is 25.3 Å². The van der Waals surface area contributed by atoms with E-state index in [0.29, 0.717) is 31.6 Å². The summed E-state index contributed by atoms with van der Waals surface area (Å²) in [5, 5.41) is 14.3. The van der Waals surface area contributed by atoms with Gasteiger partial charge in [-0.05, 0) is 37.0 Å². The molecule has 2 rings (SSSR count). The van der Waals surface area contributed by atoms with E-state index in [4.69, 9.17) is 0 Å². The summed E-state index contributed by atoms with van der Waals surface area (Å²) in [6.45, 7) is 5.72. The largest absolute Gasteiger partial charge is 0.375 e. The molecule has 1 aliphatic heterocycles. The average Bonchev–Trinajstić information content (AvgIpc) is 2.83. The van der Waals surface area contributed by atoms with Crippen LogP contribution in [0.2, 0.25) is 0 Å². The van der Waals surface area contributed by atoms with Gasteiger partial charge in [0.1, 0.15) is 0 Å². The van der Waals surface area contributed by atoms with E-state index in [1.54, 1.807) is 0 Å². The molecule has 1 aromatic rings. The van der Waals surface area contributed by atoms with Crippen molar-refractivity contribution in [3.8, 4) is 0 Å². The Balaban J connectivity index is 1.91. The van der Waals surface area contributed by atoms with E-state index < -0.39 is 15.4 Å². The number of benzene rings is 1. The Morgan fingerprint density at radius 2 is 1.41 bits per heavy atom. The standard InChI is InChI=1S/C27H46N2O4S/c1-3-5-6-7-8-9-10-11-12-13-18-27(31,26(30)28-19-4-2)24-14-16-25(17-15-24)29-20-22-34(32,33)23-21-29/h14-17,31H,3-13,18-23H2,1-2H3,(H,28,30). The summed E-state index contributed by atoms with van der Waals surface area (Å²) in [5.41, 5.74) is -0.0154. The molecule has 34 heavy (non-hydrogen) atoms. The zero-order chi connectivity index (χ0) is 24.9. The Labute approximate surface area is 207 Å². The summed E-state index contributed by atoms with van der Waals surface area (Å²) >= 11 is 0. The number of amides is 1. The van der Waals surface area contributed by atoms with Gasteiger partial charge >= 0.3 is 0 Å². The SMILES string of the molecule is CCCCCCCCCCCCC(O)(C(=O)NCCC)c1ccc(N2CCS(=O)(=O)CC2)cc1. The zero-order valence-electron chi connectivity index (χ0n) is 21.4. The summed E-state index contributed by atoms with van der Waals surface area (Å²) in [4.78, 5) is 15.0. The third kappa shape index (κ3) is 9.21. The van der Waals surface area contributed by atoms with E-state index in [-0.39, 0.29) is 17.4 Å². The minimum absolute atomic E-state index is 0.164. The fraction of sp³-hybridized carbons (Fsp3) is 0.741. The van der Waals surface area contributed by atoms with Crippen molar-refractivity contribution in [1.82, 2.24) is 5.32 Å². The molecule has 0 aliphatic carbocycles. The lowest BCUT2D eigenvalue weighted by atomic mass is 9.86. The van der Waals surface area contributed by atoms with Crippen molar-refractivity contribution < 1.29 is 18.3 Å². The van der Waals surface area contributed by atoms with Crippen molar-refractivity contribution in [3.63, 3.8) is 0 Å². The third-order valence-electron chi connectivity index (χ3n) is 6.86. The smallest absolute Gasteiger partial charge is 0.256 e. The van der Waals surface area contributed by atoms with Crippen molar-refractivity contribution in [2.45, 2.75) is 96.5 Å². The maximum absolute atomic E-state index is 12.9. The van der Waals surface area contributed by atoms with Gasteiger partial charge in [0.25, 0.3) is 5.91 Å². The average molecular weight is 495 g/mol. The summed E-state index contributed by atoms with van der Waals surface area (Å²) < 4.78 is 23.4. The highest BCUT2D eigenvalue weighted by Gasteiger charge is 2.37. The lowest BCUT2D eigenvalue weighted by Crippen LogP contribution is -2.45. The Hall–Kier alpha value is -1.60. The van der Waals surface area contributed by atoms with Crippen LogP contribution in [0.5, 0.6) is 0 Å². The fourth-order valence-corrected chi connectivity index (χ4v) is 5.76. The second kappa shape index (κ2) is 14.7. The van der Waals surface area contributed by atoms with Gasteiger partial charge in [-0.15, -0.1) is 0 Å². The molecule has 1 atom stereocenters. The minimum atomic E-state index is -2.93. The molecular formula is C27H46N2O4S. The van der Waals surface area contributed by atoms with Gasteiger partial charge in [0.15, 0.2) is 15.4 Å². The summed E-state index contributed by atoms with van der Waals surface area (Å²) in [6, 6.07) is 7.42. The second-order valence-corrected chi connectivity index (χ2v) is 12.0. The predicted octanol–water partition coefficient (Wildman–Crippen LogP) is 4.95. The maximum atomic E-state index is 12.9. The van der Waals surface area contributed by atoms with E-state index in [0.717, 1.165) is 31.4 Å². The predicted molar refractivity (Wildman–Crippen MR) is 141 cm³/mol. The highest BCUT2D eigenvalue weighted by atomic mass is 32.2. The molecule has 0 spiro atoms. The number of sulfone groups is 1. The number of hydrogen-bond acceptors (Lipinski definition) is 5. The van der Waals surface area contributed by atoms with Crippen molar-refractivity contribution in [2.75, 3.05) is 36.0 Å². The van der Waals surface area contributed by atoms with Crippen molar-refractivity contribution in [2.24, 2.45) is 0 Å². The molecule has 1 saturated heterocycles. The maximum Gasteiger partial charge on any atom is 0.256 e. The first-order valence-electron chi connectivity index (χ1n) is 13.4. The molecular weight excluding hydrogens is 448 g/mol. The fourth-order valence-electron chi connectivity index (χ4n) is 4.56. The molecule has 0 bridgehead atoms. The van der Waals surface area contributed by atoms with Crippen LogP contribution in [-0.2, 0) is 20.2 Å². The molecule has 7 heteroatoms. The van der Waals surface area contributed by atoms with Crippen LogP contribution in [0.3, 0.4) is 0 Å². The number of carbonyl (C=O) groups is 1. The first-order valence-corrected chi connectivity index (χ1v) is 15.2. The summed E-state index contributed by atoms with van der Waals surface area (Å²) in [5.74, 6) is -0.00431. The van der Waals surface area contributed by atoms with E-state index in [2.05, 4.69) is 12.2 Å². The van der Waals surface area contributed by atoms with Crippen LogP contribution in [-0.4, -0.2) is 50.6 Å². The van der Waals surface area contributed by atoms with Gasteiger partial charge in [-0.25, -0.2) is 8.42 Å². The number of aliphatic hydroxyl groups is 1. The van der Waals surface area contributed by atoms with Crippen molar-refractivity contribution in [1.29, 1.82) is 0 Å². The molecule has 0 saturated carbocycles. The molecule has 6 nitrogen and oxygen atoms in total. The van der Waals surface area contributed by atoms with E-state index in [9.17, 15) is 18.3 Å². The van der Waals surface area contributed by atoms with Crippen molar-refractivity contribution in [3.05, 3.63) is 29.8 Å². The van der Waals surface area contributed by atoms with Crippen LogP contribution in [0.4, 0.5) is 5.69 Å². The molecule has 2 N–H and O–H groups in total. The molecule has 1 fully saturated rings. The molecule has 1 unspecified atom stereocenters. The number of nitrogens with one attached hydrogen (secondary N) is 1. The molecule has 0 radical (unpaired) electrons.